The summed E-state index contributed by atoms with van der Waals surface area (Å²) < 4.78 is 7.04. The molecule has 1 aromatic rings. The Morgan fingerprint density at radius 2 is 2.50 bits per heavy atom. The van der Waals surface area contributed by atoms with E-state index < -0.39 is 0 Å². The number of rotatable bonds is 1. The fourth-order valence-electron chi connectivity index (χ4n) is 1.07. The fraction of sp³-hybridized carbons (Fsp3) is 0.250. The lowest BCUT2D eigenvalue weighted by Crippen LogP contribution is -2.03. The molecule has 0 bridgehead atoms. The molecule has 1 aliphatic rings. The van der Waals surface area contributed by atoms with E-state index in [9.17, 15) is 0 Å². The summed E-state index contributed by atoms with van der Waals surface area (Å²) >= 11 is 0. The highest BCUT2D eigenvalue weighted by molar-refractivity contribution is 5.67. The molecule has 0 saturated carbocycles. The summed E-state index contributed by atoms with van der Waals surface area (Å²) in [6.07, 6.45) is 8.55. The number of nitrogens with zero attached hydrogens (tertiary/aromatic N) is 3. The Kier molecular flexibility index (Phi) is 1.66. The van der Waals surface area contributed by atoms with Gasteiger partial charge in [-0.05, 0) is 0 Å². The third-order valence-electron chi connectivity index (χ3n) is 1.65. The zero-order chi connectivity index (χ0) is 8.39. The minimum absolute atomic E-state index is 0.0799. The van der Waals surface area contributed by atoms with Crippen LogP contribution >= 0.6 is 0 Å². The van der Waals surface area contributed by atoms with Crippen LogP contribution in [0, 0.1) is 0 Å². The van der Waals surface area contributed by atoms with Crippen molar-refractivity contribution in [3.8, 4) is 0 Å². The SMILES string of the molecule is Cn1cc(C2C=NC=CO2)cn1. The van der Waals surface area contributed by atoms with Crippen molar-refractivity contribution in [2.45, 2.75) is 6.10 Å². The molecule has 1 aliphatic heterocycles. The minimum atomic E-state index is -0.0799. The van der Waals surface area contributed by atoms with E-state index in [0.29, 0.717) is 0 Å². The van der Waals surface area contributed by atoms with E-state index in [1.807, 2.05) is 13.2 Å². The first-order valence-corrected chi connectivity index (χ1v) is 3.68. The highest BCUT2D eigenvalue weighted by Crippen LogP contribution is 2.16. The van der Waals surface area contributed by atoms with Gasteiger partial charge >= 0.3 is 0 Å². The number of aryl methyl sites for hydroxylation is 1. The molecule has 12 heavy (non-hydrogen) atoms. The van der Waals surface area contributed by atoms with Crippen LogP contribution in [0.15, 0.2) is 29.8 Å². The summed E-state index contributed by atoms with van der Waals surface area (Å²) in [6.45, 7) is 0. The summed E-state index contributed by atoms with van der Waals surface area (Å²) in [5, 5.41) is 4.04. The van der Waals surface area contributed by atoms with Gasteiger partial charge in [0.1, 0.15) is 6.26 Å². The second kappa shape index (κ2) is 2.81. The van der Waals surface area contributed by atoms with Crippen molar-refractivity contribution in [3.05, 3.63) is 30.4 Å². The Balaban J connectivity index is 2.20. The van der Waals surface area contributed by atoms with Crippen molar-refractivity contribution in [1.82, 2.24) is 9.78 Å². The average molecular weight is 163 g/mol. The van der Waals surface area contributed by atoms with Gasteiger partial charge in [0.05, 0.1) is 12.4 Å². The molecule has 0 radical (unpaired) electrons. The molecule has 1 unspecified atom stereocenters. The lowest BCUT2D eigenvalue weighted by Gasteiger charge is -2.11. The van der Waals surface area contributed by atoms with Crippen LogP contribution in [-0.2, 0) is 11.8 Å². The van der Waals surface area contributed by atoms with Crippen LogP contribution in [0.25, 0.3) is 0 Å². The van der Waals surface area contributed by atoms with Crippen molar-refractivity contribution in [2.75, 3.05) is 0 Å². The number of aliphatic imine (C=N–C) groups is 1. The molecule has 0 N–H and O–H groups in total. The van der Waals surface area contributed by atoms with Crippen LogP contribution in [0.5, 0.6) is 0 Å². The predicted molar refractivity (Wildman–Crippen MR) is 44.7 cm³/mol. The Labute approximate surface area is 70.2 Å². The zero-order valence-corrected chi connectivity index (χ0v) is 6.71. The Bertz CT molecular complexity index is 327. The largest absolute Gasteiger partial charge is 0.486 e. The zero-order valence-electron chi connectivity index (χ0n) is 6.71. The summed E-state index contributed by atoms with van der Waals surface area (Å²) in [5.74, 6) is 0. The lowest BCUT2D eigenvalue weighted by atomic mass is 10.2. The first kappa shape index (κ1) is 7.09. The van der Waals surface area contributed by atoms with Gasteiger partial charge < -0.3 is 4.74 Å². The molecular weight excluding hydrogens is 154 g/mol. The molecule has 2 rings (SSSR count). The third-order valence-corrected chi connectivity index (χ3v) is 1.65. The van der Waals surface area contributed by atoms with Crippen molar-refractivity contribution in [3.63, 3.8) is 0 Å². The molecule has 2 heterocycles. The van der Waals surface area contributed by atoms with Gasteiger partial charge in [0.15, 0.2) is 6.10 Å². The lowest BCUT2D eigenvalue weighted by molar-refractivity contribution is 0.206. The van der Waals surface area contributed by atoms with Gasteiger partial charge in [-0.3, -0.25) is 9.67 Å². The summed E-state index contributed by atoms with van der Waals surface area (Å²) in [4.78, 5) is 3.98. The molecule has 0 aliphatic carbocycles. The Hall–Kier alpha value is -1.58. The minimum Gasteiger partial charge on any atom is -0.486 e. The highest BCUT2D eigenvalue weighted by Gasteiger charge is 2.11. The van der Waals surface area contributed by atoms with Gasteiger partial charge in [-0.25, -0.2) is 0 Å². The number of hydrogen-bond acceptors (Lipinski definition) is 3. The average Bonchev–Trinajstić information content (AvgIpc) is 2.54. The number of ether oxygens (including phenoxy) is 1. The molecule has 0 amide bonds. The van der Waals surface area contributed by atoms with Crippen LogP contribution in [0.4, 0.5) is 0 Å². The topological polar surface area (TPSA) is 39.4 Å². The summed E-state index contributed by atoms with van der Waals surface area (Å²) in [6, 6.07) is 0. The summed E-state index contributed by atoms with van der Waals surface area (Å²) in [5.41, 5.74) is 1.02. The van der Waals surface area contributed by atoms with Gasteiger partial charge in [-0.1, -0.05) is 0 Å². The predicted octanol–water partition coefficient (Wildman–Crippen LogP) is 1.03. The van der Waals surface area contributed by atoms with Crippen molar-refractivity contribution >= 4 is 6.21 Å². The maximum absolute atomic E-state index is 5.29. The van der Waals surface area contributed by atoms with Crippen molar-refractivity contribution < 1.29 is 4.74 Å². The van der Waals surface area contributed by atoms with Gasteiger partial charge in [0.25, 0.3) is 0 Å². The molecular formula is C8H9N3O. The Morgan fingerprint density at radius 3 is 3.08 bits per heavy atom. The molecule has 4 nitrogen and oxygen atoms in total. The standard InChI is InChI=1S/C8H9N3O/c1-11-6-7(4-10-11)8-5-9-2-3-12-8/h2-6,8H,1H3. The fourth-order valence-corrected chi connectivity index (χ4v) is 1.07. The normalized spacial score (nSPS) is 20.9. The van der Waals surface area contributed by atoms with Crippen LogP contribution < -0.4 is 0 Å². The second-order valence-corrected chi connectivity index (χ2v) is 2.59. The molecule has 0 spiro atoms. The molecule has 0 saturated heterocycles. The van der Waals surface area contributed by atoms with E-state index in [4.69, 9.17) is 4.74 Å². The van der Waals surface area contributed by atoms with E-state index in [-0.39, 0.29) is 6.10 Å². The van der Waals surface area contributed by atoms with E-state index in [1.54, 1.807) is 29.6 Å². The van der Waals surface area contributed by atoms with E-state index in [0.717, 1.165) is 5.56 Å². The van der Waals surface area contributed by atoms with Crippen LogP contribution in [-0.4, -0.2) is 16.0 Å². The molecule has 1 aromatic heterocycles. The smallest absolute Gasteiger partial charge is 0.161 e. The van der Waals surface area contributed by atoms with Crippen LogP contribution in [0.1, 0.15) is 11.7 Å². The van der Waals surface area contributed by atoms with E-state index in [1.165, 1.54) is 0 Å². The molecule has 0 aromatic carbocycles. The first-order valence-electron chi connectivity index (χ1n) is 3.68. The maximum Gasteiger partial charge on any atom is 0.161 e. The van der Waals surface area contributed by atoms with E-state index in [2.05, 4.69) is 10.1 Å². The maximum atomic E-state index is 5.29. The third kappa shape index (κ3) is 1.23. The second-order valence-electron chi connectivity index (χ2n) is 2.59. The molecule has 0 fully saturated rings. The van der Waals surface area contributed by atoms with Gasteiger partial charge in [-0.2, -0.15) is 5.10 Å². The van der Waals surface area contributed by atoms with Crippen LogP contribution in [0.3, 0.4) is 0 Å². The van der Waals surface area contributed by atoms with Crippen molar-refractivity contribution in [1.29, 1.82) is 0 Å². The van der Waals surface area contributed by atoms with Gasteiger partial charge in [0.2, 0.25) is 0 Å². The number of hydrogen-bond donors (Lipinski definition) is 0. The molecule has 1 atom stereocenters. The number of aromatic nitrogens is 2. The monoisotopic (exact) mass is 163 g/mol. The van der Waals surface area contributed by atoms with Crippen molar-refractivity contribution in [2.24, 2.45) is 12.0 Å². The first-order chi connectivity index (χ1) is 5.86. The van der Waals surface area contributed by atoms with Gasteiger partial charge in [-0.15, -0.1) is 0 Å². The van der Waals surface area contributed by atoms with E-state index >= 15 is 0 Å². The quantitative estimate of drug-likeness (QED) is 0.620. The molecule has 62 valence electrons. The summed E-state index contributed by atoms with van der Waals surface area (Å²) in [7, 11) is 1.87. The molecule has 4 heteroatoms. The Morgan fingerprint density at radius 1 is 1.58 bits per heavy atom. The van der Waals surface area contributed by atoms with Crippen LogP contribution in [0.2, 0.25) is 0 Å². The highest BCUT2D eigenvalue weighted by atomic mass is 16.5. The van der Waals surface area contributed by atoms with Gasteiger partial charge in [0, 0.05) is 25.0 Å².